The van der Waals surface area contributed by atoms with Crippen molar-refractivity contribution in [3.8, 4) is 5.75 Å². The predicted octanol–water partition coefficient (Wildman–Crippen LogP) is 3.58. The first kappa shape index (κ1) is 14.7. The topological polar surface area (TPSA) is 21.3 Å². The number of nitrogens with one attached hydrogen (secondary N) is 1. The number of hydrogen-bond donors (Lipinski definition) is 1. The van der Waals surface area contributed by atoms with Gasteiger partial charge < -0.3 is 10.1 Å². The predicted molar refractivity (Wildman–Crippen MR) is 77.3 cm³/mol. The van der Waals surface area contributed by atoms with Gasteiger partial charge in [-0.05, 0) is 31.4 Å². The van der Waals surface area contributed by atoms with Gasteiger partial charge in [0.15, 0.2) is 0 Å². The van der Waals surface area contributed by atoms with Crippen LogP contribution in [-0.2, 0) is 6.54 Å². The first-order chi connectivity index (χ1) is 8.29. The van der Waals surface area contributed by atoms with Crippen molar-refractivity contribution in [3.05, 3.63) is 28.8 Å². The zero-order valence-corrected chi connectivity index (χ0v) is 12.0. The van der Waals surface area contributed by atoms with Crippen molar-refractivity contribution in [1.82, 2.24) is 5.32 Å². The average Bonchev–Trinajstić information content (AvgIpc) is 2.33. The Morgan fingerprint density at radius 3 is 2.94 bits per heavy atom. The highest BCUT2D eigenvalue weighted by atomic mass is 35.5. The molecule has 0 aliphatic rings. The Kier molecular flexibility index (Phi) is 7.49. The van der Waals surface area contributed by atoms with Gasteiger partial charge in [0.2, 0.25) is 0 Å². The molecular formula is C13H20ClNOS. The lowest BCUT2D eigenvalue weighted by Gasteiger charge is -2.13. The van der Waals surface area contributed by atoms with E-state index in [-0.39, 0.29) is 0 Å². The molecule has 0 radical (unpaired) electrons. The SMILES string of the molecule is CCCNCc1c(Cl)cccc1OCCSC. The van der Waals surface area contributed by atoms with Crippen LogP contribution in [0.2, 0.25) is 5.02 Å². The standard InChI is InChI=1S/C13H20ClNOS/c1-3-7-15-10-11-12(14)5-4-6-13(11)16-8-9-17-2/h4-6,15H,3,7-10H2,1-2H3. The smallest absolute Gasteiger partial charge is 0.125 e. The third-order valence-corrected chi connectivity index (χ3v) is 3.28. The van der Waals surface area contributed by atoms with Crippen LogP contribution in [0.1, 0.15) is 18.9 Å². The molecule has 0 amide bonds. The Morgan fingerprint density at radius 1 is 1.41 bits per heavy atom. The van der Waals surface area contributed by atoms with Crippen molar-refractivity contribution >= 4 is 23.4 Å². The molecule has 0 aliphatic carbocycles. The maximum atomic E-state index is 6.20. The molecule has 0 fully saturated rings. The van der Waals surface area contributed by atoms with Crippen molar-refractivity contribution in [1.29, 1.82) is 0 Å². The lowest BCUT2D eigenvalue weighted by atomic mass is 10.2. The number of halogens is 1. The van der Waals surface area contributed by atoms with E-state index in [1.807, 2.05) is 18.2 Å². The van der Waals surface area contributed by atoms with E-state index < -0.39 is 0 Å². The molecule has 0 aliphatic heterocycles. The van der Waals surface area contributed by atoms with E-state index in [4.69, 9.17) is 16.3 Å². The van der Waals surface area contributed by atoms with E-state index in [0.29, 0.717) is 0 Å². The molecule has 0 saturated carbocycles. The summed E-state index contributed by atoms with van der Waals surface area (Å²) in [5, 5.41) is 4.13. The van der Waals surface area contributed by atoms with Crippen molar-refractivity contribution in [2.45, 2.75) is 19.9 Å². The second kappa shape index (κ2) is 8.67. The quantitative estimate of drug-likeness (QED) is 0.732. The van der Waals surface area contributed by atoms with E-state index in [1.54, 1.807) is 11.8 Å². The fourth-order valence-corrected chi connectivity index (χ4v) is 1.95. The molecule has 0 atom stereocenters. The maximum Gasteiger partial charge on any atom is 0.125 e. The fourth-order valence-electron chi connectivity index (χ4n) is 1.47. The summed E-state index contributed by atoms with van der Waals surface area (Å²) in [4.78, 5) is 0. The summed E-state index contributed by atoms with van der Waals surface area (Å²) in [7, 11) is 0. The highest BCUT2D eigenvalue weighted by molar-refractivity contribution is 7.98. The van der Waals surface area contributed by atoms with Gasteiger partial charge in [0.05, 0.1) is 6.61 Å². The molecule has 4 heteroatoms. The summed E-state index contributed by atoms with van der Waals surface area (Å²) in [6.07, 6.45) is 3.19. The van der Waals surface area contributed by atoms with Gasteiger partial charge in [-0.25, -0.2) is 0 Å². The summed E-state index contributed by atoms with van der Waals surface area (Å²) in [5.41, 5.74) is 1.06. The van der Waals surface area contributed by atoms with E-state index >= 15 is 0 Å². The molecule has 0 aromatic heterocycles. The van der Waals surface area contributed by atoms with Crippen LogP contribution in [0.3, 0.4) is 0 Å². The molecule has 0 heterocycles. The first-order valence-corrected chi connectivity index (χ1v) is 7.66. The van der Waals surface area contributed by atoms with E-state index in [1.165, 1.54) is 0 Å². The molecule has 1 rings (SSSR count). The highest BCUT2D eigenvalue weighted by Crippen LogP contribution is 2.26. The van der Waals surface area contributed by atoms with Gasteiger partial charge in [-0.15, -0.1) is 0 Å². The Labute approximate surface area is 113 Å². The minimum atomic E-state index is 0.724. The van der Waals surface area contributed by atoms with Crippen LogP contribution < -0.4 is 10.1 Å². The summed E-state index contributed by atoms with van der Waals surface area (Å²) in [5.74, 6) is 1.89. The molecule has 0 spiro atoms. The molecule has 1 aromatic rings. The third-order valence-electron chi connectivity index (χ3n) is 2.35. The van der Waals surface area contributed by atoms with Gasteiger partial charge in [0.1, 0.15) is 5.75 Å². The minimum absolute atomic E-state index is 0.724. The van der Waals surface area contributed by atoms with Crippen molar-refractivity contribution < 1.29 is 4.74 Å². The first-order valence-electron chi connectivity index (χ1n) is 5.89. The van der Waals surface area contributed by atoms with Crippen molar-refractivity contribution in [3.63, 3.8) is 0 Å². The lowest BCUT2D eigenvalue weighted by Crippen LogP contribution is -2.15. The van der Waals surface area contributed by atoms with Crippen LogP contribution in [0, 0.1) is 0 Å². The van der Waals surface area contributed by atoms with E-state index in [2.05, 4.69) is 18.5 Å². The second-order valence-electron chi connectivity index (χ2n) is 3.73. The van der Waals surface area contributed by atoms with Crippen molar-refractivity contribution in [2.24, 2.45) is 0 Å². The van der Waals surface area contributed by atoms with Gasteiger partial charge in [-0.3, -0.25) is 0 Å². The van der Waals surface area contributed by atoms with Gasteiger partial charge in [0.25, 0.3) is 0 Å². The third kappa shape index (κ3) is 5.19. The molecular weight excluding hydrogens is 254 g/mol. The minimum Gasteiger partial charge on any atom is -0.492 e. The Bertz CT molecular complexity index is 333. The summed E-state index contributed by atoms with van der Waals surface area (Å²) < 4.78 is 5.74. The van der Waals surface area contributed by atoms with Crippen LogP contribution in [0.25, 0.3) is 0 Å². The number of rotatable bonds is 8. The van der Waals surface area contributed by atoms with Crippen LogP contribution >= 0.6 is 23.4 Å². The molecule has 1 N–H and O–H groups in total. The summed E-state index contributed by atoms with van der Waals surface area (Å²) in [6, 6.07) is 5.82. The second-order valence-corrected chi connectivity index (χ2v) is 5.13. The number of benzene rings is 1. The number of thioether (sulfide) groups is 1. The van der Waals surface area contributed by atoms with Gasteiger partial charge >= 0.3 is 0 Å². The molecule has 17 heavy (non-hydrogen) atoms. The number of hydrogen-bond acceptors (Lipinski definition) is 3. The van der Waals surface area contributed by atoms with E-state index in [9.17, 15) is 0 Å². The largest absolute Gasteiger partial charge is 0.492 e. The average molecular weight is 274 g/mol. The van der Waals surface area contributed by atoms with Crippen LogP contribution in [0.5, 0.6) is 5.75 Å². The van der Waals surface area contributed by atoms with Crippen molar-refractivity contribution in [2.75, 3.05) is 25.2 Å². The normalized spacial score (nSPS) is 10.5. The lowest BCUT2D eigenvalue weighted by molar-refractivity contribution is 0.339. The summed E-state index contributed by atoms with van der Waals surface area (Å²) >= 11 is 7.97. The fraction of sp³-hybridized carbons (Fsp3) is 0.538. The van der Waals surface area contributed by atoms with E-state index in [0.717, 1.165) is 48.2 Å². The molecule has 0 saturated heterocycles. The Hall–Kier alpha value is -0.380. The number of ether oxygens (including phenoxy) is 1. The van der Waals surface area contributed by atoms with Gasteiger partial charge in [-0.2, -0.15) is 11.8 Å². The molecule has 2 nitrogen and oxygen atoms in total. The van der Waals surface area contributed by atoms with Crippen LogP contribution in [0.15, 0.2) is 18.2 Å². The zero-order chi connectivity index (χ0) is 12.5. The summed E-state index contributed by atoms with van der Waals surface area (Å²) in [6.45, 7) is 4.63. The highest BCUT2D eigenvalue weighted by Gasteiger charge is 2.07. The Morgan fingerprint density at radius 2 is 2.24 bits per heavy atom. The van der Waals surface area contributed by atoms with Gasteiger partial charge in [-0.1, -0.05) is 24.6 Å². The van der Waals surface area contributed by atoms with Gasteiger partial charge in [0, 0.05) is 22.9 Å². The molecule has 96 valence electrons. The monoisotopic (exact) mass is 273 g/mol. The molecule has 1 aromatic carbocycles. The van der Waals surface area contributed by atoms with Crippen LogP contribution in [0.4, 0.5) is 0 Å². The molecule has 0 unspecified atom stereocenters. The maximum absolute atomic E-state index is 6.20. The zero-order valence-electron chi connectivity index (χ0n) is 10.5. The Balaban J connectivity index is 2.63. The van der Waals surface area contributed by atoms with Crippen LogP contribution in [-0.4, -0.2) is 25.2 Å². The molecule has 0 bridgehead atoms.